The van der Waals surface area contributed by atoms with Gasteiger partial charge >= 0.3 is 0 Å². The molecular formula is C17H15BrN2O. The third-order valence-electron chi connectivity index (χ3n) is 3.05. The first-order valence-electron chi connectivity index (χ1n) is 6.42. The van der Waals surface area contributed by atoms with E-state index in [1.807, 2.05) is 55.5 Å². The van der Waals surface area contributed by atoms with E-state index in [0.717, 1.165) is 27.2 Å². The number of allylic oxidation sites excluding steroid dienone is 2. The topological polar surface area (TPSA) is 45.0 Å². The molecule has 0 bridgehead atoms. The van der Waals surface area contributed by atoms with Gasteiger partial charge in [-0.3, -0.25) is 0 Å². The van der Waals surface area contributed by atoms with Crippen molar-refractivity contribution in [2.75, 3.05) is 12.4 Å². The number of para-hydroxylation sites is 2. The Kier molecular flexibility index (Phi) is 5.02. The Hall–Kier alpha value is -2.25. The van der Waals surface area contributed by atoms with Crippen LogP contribution in [0.2, 0.25) is 0 Å². The molecule has 1 N–H and O–H groups in total. The molecule has 2 aromatic rings. The van der Waals surface area contributed by atoms with Gasteiger partial charge in [0.25, 0.3) is 0 Å². The lowest BCUT2D eigenvalue weighted by molar-refractivity contribution is 0.416. The molecule has 0 atom stereocenters. The van der Waals surface area contributed by atoms with Gasteiger partial charge < -0.3 is 10.1 Å². The molecule has 0 amide bonds. The number of hydrogen-bond donors (Lipinski definition) is 1. The molecule has 0 aliphatic carbocycles. The fourth-order valence-corrected chi connectivity index (χ4v) is 2.26. The Morgan fingerprint density at radius 3 is 2.43 bits per heavy atom. The molecule has 0 unspecified atom stereocenters. The number of nitriles is 1. The van der Waals surface area contributed by atoms with Crippen LogP contribution in [-0.4, -0.2) is 7.11 Å². The molecular weight excluding hydrogens is 328 g/mol. The van der Waals surface area contributed by atoms with Crippen LogP contribution in [0.4, 0.5) is 5.69 Å². The summed E-state index contributed by atoms with van der Waals surface area (Å²) in [5, 5.41) is 12.7. The van der Waals surface area contributed by atoms with E-state index in [9.17, 15) is 5.26 Å². The van der Waals surface area contributed by atoms with E-state index < -0.39 is 0 Å². The third-order valence-corrected chi connectivity index (χ3v) is 3.58. The van der Waals surface area contributed by atoms with Gasteiger partial charge in [0.05, 0.1) is 18.4 Å². The van der Waals surface area contributed by atoms with E-state index in [-0.39, 0.29) is 0 Å². The van der Waals surface area contributed by atoms with E-state index in [4.69, 9.17) is 4.74 Å². The number of anilines is 1. The minimum Gasteiger partial charge on any atom is -0.495 e. The predicted octanol–water partition coefficient (Wildman–Crippen LogP) is 4.82. The molecule has 0 spiro atoms. The Morgan fingerprint density at radius 2 is 1.81 bits per heavy atom. The average molecular weight is 343 g/mol. The van der Waals surface area contributed by atoms with Crippen molar-refractivity contribution in [3.05, 3.63) is 64.3 Å². The van der Waals surface area contributed by atoms with Crippen LogP contribution in [-0.2, 0) is 0 Å². The Morgan fingerprint density at radius 1 is 1.14 bits per heavy atom. The standard InChI is InChI=1S/C17H15BrN2O/c1-12(20-16-5-3-4-6-17(16)21-2)15(11-19)13-7-9-14(18)10-8-13/h3-10,20H,1-2H3/b15-12+. The normalized spacial score (nSPS) is 11.3. The van der Waals surface area contributed by atoms with Crippen LogP contribution in [0.3, 0.4) is 0 Å². The van der Waals surface area contributed by atoms with Crippen molar-refractivity contribution in [2.45, 2.75) is 6.92 Å². The van der Waals surface area contributed by atoms with Gasteiger partial charge in [0, 0.05) is 10.2 Å². The second-order valence-corrected chi connectivity index (χ2v) is 5.36. The number of benzene rings is 2. The molecule has 4 heteroatoms. The number of nitrogens with zero attached hydrogens (tertiary/aromatic N) is 1. The molecule has 0 saturated carbocycles. The van der Waals surface area contributed by atoms with E-state index >= 15 is 0 Å². The lowest BCUT2D eigenvalue weighted by Crippen LogP contribution is -2.01. The second kappa shape index (κ2) is 6.96. The van der Waals surface area contributed by atoms with Gasteiger partial charge in [-0.1, -0.05) is 40.2 Å². The fraction of sp³-hybridized carbons (Fsp3) is 0.118. The highest BCUT2D eigenvalue weighted by molar-refractivity contribution is 9.10. The summed E-state index contributed by atoms with van der Waals surface area (Å²) >= 11 is 3.40. The maximum atomic E-state index is 9.43. The van der Waals surface area contributed by atoms with Gasteiger partial charge in [-0.05, 0) is 36.8 Å². The molecule has 0 radical (unpaired) electrons. The Labute approximate surface area is 133 Å². The van der Waals surface area contributed by atoms with Gasteiger partial charge in [0.1, 0.15) is 11.8 Å². The van der Waals surface area contributed by atoms with Crippen molar-refractivity contribution in [1.29, 1.82) is 5.26 Å². The third kappa shape index (κ3) is 3.65. The van der Waals surface area contributed by atoms with E-state index in [1.165, 1.54) is 0 Å². The summed E-state index contributed by atoms with van der Waals surface area (Å²) in [4.78, 5) is 0. The summed E-state index contributed by atoms with van der Waals surface area (Å²) in [6.07, 6.45) is 0. The van der Waals surface area contributed by atoms with Crippen molar-refractivity contribution >= 4 is 27.2 Å². The van der Waals surface area contributed by atoms with Crippen molar-refractivity contribution in [2.24, 2.45) is 0 Å². The SMILES string of the molecule is COc1ccccc1N/C(C)=C(\C#N)c1ccc(Br)cc1. The van der Waals surface area contributed by atoms with Crippen molar-refractivity contribution in [1.82, 2.24) is 0 Å². The first-order valence-corrected chi connectivity index (χ1v) is 7.22. The highest BCUT2D eigenvalue weighted by Gasteiger charge is 2.08. The zero-order valence-electron chi connectivity index (χ0n) is 11.9. The van der Waals surface area contributed by atoms with E-state index in [1.54, 1.807) is 7.11 Å². The lowest BCUT2D eigenvalue weighted by atomic mass is 10.1. The fourth-order valence-electron chi connectivity index (χ4n) is 1.99. The summed E-state index contributed by atoms with van der Waals surface area (Å²) in [7, 11) is 1.62. The van der Waals surface area contributed by atoms with Gasteiger partial charge in [-0.15, -0.1) is 0 Å². The van der Waals surface area contributed by atoms with Crippen LogP contribution in [0, 0.1) is 11.3 Å². The van der Waals surface area contributed by atoms with Crippen LogP contribution in [0.5, 0.6) is 5.75 Å². The quantitative estimate of drug-likeness (QED) is 0.809. The number of rotatable bonds is 4. The minimum atomic E-state index is 0.605. The van der Waals surface area contributed by atoms with Crippen LogP contribution in [0.15, 0.2) is 58.7 Å². The van der Waals surface area contributed by atoms with Gasteiger partial charge in [-0.25, -0.2) is 0 Å². The molecule has 0 fully saturated rings. The minimum absolute atomic E-state index is 0.605. The molecule has 0 saturated heterocycles. The largest absolute Gasteiger partial charge is 0.495 e. The van der Waals surface area contributed by atoms with Crippen LogP contribution in [0.1, 0.15) is 12.5 Å². The zero-order valence-corrected chi connectivity index (χ0v) is 13.4. The molecule has 21 heavy (non-hydrogen) atoms. The number of nitrogens with one attached hydrogen (secondary N) is 1. The second-order valence-electron chi connectivity index (χ2n) is 4.44. The molecule has 106 valence electrons. The highest BCUT2D eigenvalue weighted by atomic mass is 79.9. The lowest BCUT2D eigenvalue weighted by Gasteiger charge is -2.13. The summed E-state index contributed by atoms with van der Waals surface area (Å²) in [5.41, 5.74) is 3.10. The first-order chi connectivity index (χ1) is 10.2. The summed E-state index contributed by atoms with van der Waals surface area (Å²) in [6.45, 7) is 1.88. The van der Waals surface area contributed by atoms with Gasteiger partial charge in [-0.2, -0.15) is 5.26 Å². The average Bonchev–Trinajstić information content (AvgIpc) is 2.50. The van der Waals surface area contributed by atoms with E-state index in [0.29, 0.717) is 5.57 Å². The number of ether oxygens (including phenoxy) is 1. The van der Waals surface area contributed by atoms with Crippen molar-refractivity contribution in [3.8, 4) is 11.8 Å². The van der Waals surface area contributed by atoms with Crippen LogP contribution >= 0.6 is 15.9 Å². The van der Waals surface area contributed by atoms with Crippen LogP contribution < -0.4 is 10.1 Å². The van der Waals surface area contributed by atoms with E-state index in [2.05, 4.69) is 27.3 Å². The summed E-state index contributed by atoms with van der Waals surface area (Å²) in [5.74, 6) is 0.741. The molecule has 2 aromatic carbocycles. The molecule has 0 aromatic heterocycles. The zero-order chi connectivity index (χ0) is 15.2. The highest BCUT2D eigenvalue weighted by Crippen LogP contribution is 2.27. The first kappa shape index (κ1) is 15.1. The molecule has 0 aliphatic heterocycles. The van der Waals surface area contributed by atoms with Gasteiger partial charge in [0.2, 0.25) is 0 Å². The molecule has 0 aliphatic rings. The van der Waals surface area contributed by atoms with Gasteiger partial charge in [0.15, 0.2) is 0 Å². The Bertz CT molecular complexity index is 699. The predicted molar refractivity (Wildman–Crippen MR) is 89.0 cm³/mol. The molecule has 2 rings (SSSR count). The Balaban J connectivity index is 2.36. The molecule has 0 heterocycles. The number of halogens is 1. The van der Waals surface area contributed by atoms with Crippen molar-refractivity contribution in [3.63, 3.8) is 0 Å². The maximum absolute atomic E-state index is 9.43. The number of hydrogen-bond acceptors (Lipinski definition) is 3. The summed E-state index contributed by atoms with van der Waals surface area (Å²) < 4.78 is 6.29. The number of methoxy groups -OCH3 is 1. The van der Waals surface area contributed by atoms with Crippen molar-refractivity contribution < 1.29 is 4.74 Å². The van der Waals surface area contributed by atoms with Crippen LogP contribution in [0.25, 0.3) is 5.57 Å². The molecule has 3 nitrogen and oxygen atoms in total. The monoisotopic (exact) mass is 342 g/mol. The summed E-state index contributed by atoms with van der Waals surface area (Å²) in [6, 6.07) is 17.5. The maximum Gasteiger partial charge on any atom is 0.142 e. The smallest absolute Gasteiger partial charge is 0.142 e.